The summed E-state index contributed by atoms with van der Waals surface area (Å²) in [4.78, 5) is 15.5. The smallest absolute Gasteiger partial charge is 0.243 e. The summed E-state index contributed by atoms with van der Waals surface area (Å²) in [7, 11) is 1.81. The number of hydrogen-bond acceptors (Lipinski definition) is 3. The predicted octanol–water partition coefficient (Wildman–Crippen LogP) is 0.342. The summed E-state index contributed by atoms with van der Waals surface area (Å²) in [6, 6.07) is -0.494. The Hall–Kier alpha value is -1.36. The Kier molecular flexibility index (Phi) is 3.24. The Morgan fingerprint density at radius 2 is 2.29 bits per heavy atom. The molecule has 0 radical (unpaired) electrons. The fourth-order valence-electron chi connectivity index (χ4n) is 0.982. The Labute approximate surface area is 83.3 Å². The molecule has 0 bridgehead atoms. The number of carbonyl (C=O) groups excluding carboxylic acids is 1. The summed E-state index contributed by atoms with van der Waals surface area (Å²) in [5.41, 5.74) is 5.68. The van der Waals surface area contributed by atoms with Crippen molar-refractivity contribution in [1.82, 2.24) is 9.55 Å². The minimum absolute atomic E-state index is 0.121. The van der Waals surface area contributed by atoms with Crippen molar-refractivity contribution in [1.29, 1.82) is 0 Å². The fourth-order valence-corrected chi connectivity index (χ4v) is 0.982. The fraction of sp³-hybridized carbons (Fsp3) is 0.556. The Morgan fingerprint density at radius 3 is 2.71 bits per heavy atom. The van der Waals surface area contributed by atoms with Gasteiger partial charge in [0.2, 0.25) is 11.9 Å². The number of anilines is 1. The number of nitrogens with zero attached hydrogens (tertiary/aromatic N) is 2. The van der Waals surface area contributed by atoms with E-state index < -0.39 is 6.04 Å². The maximum atomic E-state index is 11.5. The van der Waals surface area contributed by atoms with Gasteiger partial charge in [-0.25, -0.2) is 4.98 Å². The van der Waals surface area contributed by atoms with E-state index in [0.29, 0.717) is 5.95 Å². The van der Waals surface area contributed by atoms with Crippen molar-refractivity contribution in [3.8, 4) is 0 Å². The van der Waals surface area contributed by atoms with Crippen molar-refractivity contribution >= 4 is 11.9 Å². The van der Waals surface area contributed by atoms with Gasteiger partial charge in [0, 0.05) is 19.4 Å². The highest BCUT2D eigenvalue weighted by Gasteiger charge is 2.18. The third-order valence-corrected chi connectivity index (χ3v) is 2.08. The Balaban J connectivity index is 2.62. The highest BCUT2D eigenvalue weighted by atomic mass is 16.2. The van der Waals surface area contributed by atoms with E-state index in [9.17, 15) is 4.79 Å². The molecule has 1 aromatic rings. The molecular formula is C9H16N4O. The van der Waals surface area contributed by atoms with E-state index in [2.05, 4.69) is 10.3 Å². The molecule has 1 unspecified atom stereocenters. The van der Waals surface area contributed by atoms with E-state index >= 15 is 0 Å². The van der Waals surface area contributed by atoms with Gasteiger partial charge >= 0.3 is 0 Å². The van der Waals surface area contributed by atoms with Crippen LogP contribution in [0.4, 0.5) is 5.95 Å². The predicted molar refractivity (Wildman–Crippen MR) is 54.7 cm³/mol. The summed E-state index contributed by atoms with van der Waals surface area (Å²) >= 11 is 0. The van der Waals surface area contributed by atoms with Crippen molar-refractivity contribution in [2.75, 3.05) is 5.32 Å². The molecule has 1 aromatic heterocycles. The van der Waals surface area contributed by atoms with Gasteiger partial charge in [0.05, 0.1) is 6.04 Å². The summed E-state index contributed by atoms with van der Waals surface area (Å²) in [6.45, 7) is 3.81. The number of nitrogens with two attached hydrogens (primary N) is 1. The lowest BCUT2D eigenvalue weighted by molar-refractivity contribution is -0.118. The molecule has 5 nitrogen and oxygen atoms in total. The maximum Gasteiger partial charge on any atom is 0.243 e. The van der Waals surface area contributed by atoms with Crippen LogP contribution in [0.3, 0.4) is 0 Å². The largest absolute Gasteiger partial charge is 0.320 e. The molecule has 0 aromatic carbocycles. The SMILES string of the molecule is CC(C)C(N)C(=O)Nc1nccn1C. The number of aromatic nitrogens is 2. The van der Waals surface area contributed by atoms with Crippen LogP contribution in [0, 0.1) is 5.92 Å². The standard InChI is InChI=1S/C9H16N4O/c1-6(2)7(10)8(14)12-9-11-4-5-13(9)3/h4-7H,10H2,1-3H3,(H,11,12,14). The van der Waals surface area contributed by atoms with Crippen molar-refractivity contribution < 1.29 is 4.79 Å². The molecule has 1 atom stereocenters. The first-order chi connectivity index (χ1) is 6.52. The molecule has 0 fully saturated rings. The molecule has 0 aliphatic heterocycles. The maximum absolute atomic E-state index is 11.5. The van der Waals surface area contributed by atoms with Gasteiger partial charge in [-0.15, -0.1) is 0 Å². The molecule has 0 aliphatic rings. The first-order valence-electron chi connectivity index (χ1n) is 4.56. The molecule has 0 aliphatic carbocycles. The highest BCUT2D eigenvalue weighted by Crippen LogP contribution is 2.04. The van der Waals surface area contributed by atoms with Gasteiger partial charge in [0.15, 0.2) is 0 Å². The lowest BCUT2D eigenvalue weighted by atomic mass is 10.1. The number of amides is 1. The quantitative estimate of drug-likeness (QED) is 0.732. The molecule has 1 rings (SSSR count). The van der Waals surface area contributed by atoms with E-state index in [1.54, 1.807) is 17.0 Å². The molecule has 0 saturated heterocycles. The summed E-state index contributed by atoms with van der Waals surface area (Å²) in [5, 5.41) is 2.66. The number of hydrogen-bond donors (Lipinski definition) is 2. The molecular weight excluding hydrogens is 180 g/mol. The molecule has 5 heteroatoms. The lowest BCUT2D eigenvalue weighted by Gasteiger charge is -2.14. The molecule has 3 N–H and O–H groups in total. The van der Waals surface area contributed by atoms with Gasteiger partial charge in [0.1, 0.15) is 0 Å². The number of carbonyl (C=O) groups is 1. The van der Waals surface area contributed by atoms with Gasteiger partial charge in [-0.05, 0) is 5.92 Å². The van der Waals surface area contributed by atoms with Crippen LogP contribution in [-0.2, 0) is 11.8 Å². The average molecular weight is 196 g/mol. The van der Waals surface area contributed by atoms with Gasteiger partial charge in [-0.2, -0.15) is 0 Å². The molecule has 14 heavy (non-hydrogen) atoms. The highest BCUT2D eigenvalue weighted by molar-refractivity contribution is 5.93. The normalized spacial score (nSPS) is 12.9. The summed E-state index contributed by atoms with van der Waals surface area (Å²) < 4.78 is 1.73. The van der Waals surface area contributed by atoms with Gasteiger partial charge < -0.3 is 10.3 Å². The number of nitrogens with one attached hydrogen (secondary N) is 1. The molecule has 1 amide bonds. The van der Waals surface area contributed by atoms with Gasteiger partial charge in [-0.3, -0.25) is 10.1 Å². The molecule has 78 valence electrons. The zero-order chi connectivity index (χ0) is 10.7. The minimum Gasteiger partial charge on any atom is -0.320 e. The van der Waals surface area contributed by atoms with Crippen molar-refractivity contribution in [3.05, 3.63) is 12.4 Å². The van der Waals surface area contributed by atoms with E-state index in [1.165, 1.54) is 0 Å². The topological polar surface area (TPSA) is 72.9 Å². The Bertz CT molecular complexity index is 318. The summed E-state index contributed by atoms with van der Waals surface area (Å²) in [5.74, 6) is 0.440. The first-order valence-corrected chi connectivity index (χ1v) is 4.56. The number of imidazole rings is 1. The third-order valence-electron chi connectivity index (χ3n) is 2.08. The van der Waals surface area contributed by atoms with Crippen LogP contribution in [-0.4, -0.2) is 21.5 Å². The van der Waals surface area contributed by atoms with Gasteiger partial charge in [-0.1, -0.05) is 13.8 Å². The van der Waals surface area contributed by atoms with Crippen LogP contribution >= 0.6 is 0 Å². The second kappa shape index (κ2) is 4.23. The van der Waals surface area contributed by atoms with E-state index in [4.69, 9.17) is 5.73 Å². The van der Waals surface area contributed by atoms with Crippen LogP contribution < -0.4 is 11.1 Å². The van der Waals surface area contributed by atoms with E-state index in [0.717, 1.165) is 0 Å². The van der Waals surface area contributed by atoms with Crippen molar-refractivity contribution in [2.45, 2.75) is 19.9 Å². The minimum atomic E-state index is -0.494. The zero-order valence-electron chi connectivity index (χ0n) is 8.69. The van der Waals surface area contributed by atoms with Gasteiger partial charge in [0.25, 0.3) is 0 Å². The number of aryl methyl sites for hydroxylation is 1. The summed E-state index contributed by atoms with van der Waals surface area (Å²) in [6.07, 6.45) is 3.38. The lowest BCUT2D eigenvalue weighted by Crippen LogP contribution is -2.40. The third kappa shape index (κ3) is 2.32. The zero-order valence-corrected chi connectivity index (χ0v) is 8.69. The van der Waals surface area contributed by atoms with Crippen LogP contribution in [0.2, 0.25) is 0 Å². The average Bonchev–Trinajstić information content (AvgIpc) is 2.50. The van der Waals surface area contributed by atoms with Crippen LogP contribution in [0.5, 0.6) is 0 Å². The molecule has 1 heterocycles. The van der Waals surface area contributed by atoms with E-state index in [1.807, 2.05) is 20.9 Å². The number of rotatable bonds is 3. The first kappa shape index (κ1) is 10.7. The van der Waals surface area contributed by atoms with E-state index in [-0.39, 0.29) is 11.8 Å². The molecule has 0 spiro atoms. The molecule has 0 saturated carbocycles. The van der Waals surface area contributed by atoms with Crippen LogP contribution in [0.1, 0.15) is 13.8 Å². The second-order valence-corrected chi connectivity index (χ2v) is 3.62. The van der Waals surface area contributed by atoms with Crippen LogP contribution in [0.15, 0.2) is 12.4 Å². The van der Waals surface area contributed by atoms with Crippen molar-refractivity contribution in [3.63, 3.8) is 0 Å². The Morgan fingerprint density at radius 1 is 1.64 bits per heavy atom. The second-order valence-electron chi connectivity index (χ2n) is 3.62. The van der Waals surface area contributed by atoms with Crippen LogP contribution in [0.25, 0.3) is 0 Å². The van der Waals surface area contributed by atoms with Crippen molar-refractivity contribution in [2.24, 2.45) is 18.7 Å². The monoisotopic (exact) mass is 196 g/mol.